The molecule has 3 heterocycles. The van der Waals surface area contributed by atoms with Gasteiger partial charge in [0.1, 0.15) is 19.0 Å². The molecule has 6 rings (SSSR count). The fourth-order valence-corrected chi connectivity index (χ4v) is 6.83. The van der Waals surface area contributed by atoms with Gasteiger partial charge in [-0.15, -0.1) is 10.2 Å². The monoisotopic (exact) mass is 611 g/mol. The first-order chi connectivity index (χ1) is 19.4. The Labute approximate surface area is 247 Å². The molecule has 1 saturated heterocycles. The number of carbonyl (C=O) groups excluding carboxylic acids is 2. The van der Waals surface area contributed by atoms with Gasteiger partial charge in [-0.2, -0.15) is 0 Å². The highest BCUT2D eigenvalue weighted by Crippen LogP contribution is 2.45. The molecular formula is C28H19Cl2N3O5S2. The van der Waals surface area contributed by atoms with E-state index in [0.717, 1.165) is 5.56 Å². The van der Waals surface area contributed by atoms with Crippen molar-refractivity contribution < 1.29 is 24.2 Å². The van der Waals surface area contributed by atoms with E-state index >= 15 is 0 Å². The fourth-order valence-electron chi connectivity index (χ4n) is 4.48. The van der Waals surface area contributed by atoms with Crippen LogP contribution >= 0.6 is 46.3 Å². The topological polar surface area (TPSA) is 102 Å². The molecule has 0 bridgehead atoms. The number of Topliss-reactive ketones (excluding diaryl/α,β-unsaturated/α-hetero) is 1. The van der Waals surface area contributed by atoms with E-state index in [1.807, 2.05) is 24.3 Å². The number of nitrogens with zero attached hydrogens (tertiary/aromatic N) is 3. The van der Waals surface area contributed by atoms with Gasteiger partial charge in [0.2, 0.25) is 5.13 Å². The minimum Gasteiger partial charge on any atom is -0.507 e. The zero-order valence-electron chi connectivity index (χ0n) is 20.5. The van der Waals surface area contributed by atoms with Crippen LogP contribution in [0.2, 0.25) is 10.0 Å². The number of rotatable bonds is 6. The lowest BCUT2D eigenvalue weighted by Gasteiger charge is -2.23. The number of ketones is 1. The number of ether oxygens (including phenoxy) is 2. The standard InChI is InChI=1S/C28H19Cl2N3O5S2/c29-18-6-3-5-15(12-18)23-22(24(34)16-8-9-20-21(13-16)38-11-10-37-20)25(35)26(36)33(23)27-31-32-28(40-27)39-14-17-4-1-2-7-19(17)30/h1-9,12-13,23,34H,10-11,14H2/b24-22+. The van der Waals surface area contributed by atoms with Crippen LogP contribution in [-0.2, 0) is 15.3 Å². The molecule has 1 atom stereocenters. The second kappa shape index (κ2) is 11.1. The van der Waals surface area contributed by atoms with Gasteiger partial charge in [-0.05, 0) is 47.5 Å². The van der Waals surface area contributed by atoms with Gasteiger partial charge in [-0.25, -0.2) is 0 Å². The van der Waals surface area contributed by atoms with Crippen LogP contribution in [-0.4, -0.2) is 40.2 Å². The molecule has 3 aromatic carbocycles. The van der Waals surface area contributed by atoms with Gasteiger partial charge in [0, 0.05) is 21.4 Å². The van der Waals surface area contributed by atoms with Crippen LogP contribution in [0.4, 0.5) is 5.13 Å². The first kappa shape index (κ1) is 26.6. The molecule has 8 nitrogen and oxygen atoms in total. The summed E-state index contributed by atoms with van der Waals surface area (Å²) in [5.74, 6) is -0.505. The summed E-state index contributed by atoms with van der Waals surface area (Å²) in [5, 5.41) is 21.2. The molecule has 1 unspecified atom stereocenters. The van der Waals surface area contributed by atoms with Crippen LogP contribution in [0, 0.1) is 0 Å². The zero-order valence-corrected chi connectivity index (χ0v) is 23.7. The molecule has 12 heteroatoms. The number of anilines is 1. The number of carbonyl (C=O) groups is 2. The lowest BCUT2D eigenvalue weighted by molar-refractivity contribution is -0.132. The molecule has 202 valence electrons. The molecule has 2 aliphatic heterocycles. The maximum absolute atomic E-state index is 13.5. The Morgan fingerprint density at radius 2 is 1.80 bits per heavy atom. The van der Waals surface area contributed by atoms with E-state index in [4.69, 9.17) is 32.7 Å². The Morgan fingerprint density at radius 1 is 1.00 bits per heavy atom. The highest BCUT2D eigenvalue weighted by molar-refractivity contribution is 8.00. The summed E-state index contributed by atoms with van der Waals surface area (Å²) in [6, 6.07) is 18.2. The molecule has 0 spiro atoms. The van der Waals surface area contributed by atoms with Crippen molar-refractivity contribution in [3.63, 3.8) is 0 Å². The summed E-state index contributed by atoms with van der Waals surface area (Å²) in [7, 11) is 0. The van der Waals surface area contributed by atoms with E-state index in [-0.39, 0.29) is 16.5 Å². The van der Waals surface area contributed by atoms with Crippen molar-refractivity contribution in [3.8, 4) is 11.5 Å². The van der Waals surface area contributed by atoms with E-state index in [1.165, 1.54) is 28.0 Å². The summed E-state index contributed by atoms with van der Waals surface area (Å²) in [6.45, 7) is 0.775. The quantitative estimate of drug-likeness (QED) is 0.0862. The normalized spacial score (nSPS) is 17.9. The van der Waals surface area contributed by atoms with Crippen LogP contribution in [0.3, 0.4) is 0 Å². The summed E-state index contributed by atoms with van der Waals surface area (Å²) in [4.78, 5) is 28.2. The van der Waals surface area contributed by atoms with Crippen LogP contribution in [0.1, 0.15) is 22.7 Å². The van der Waals surface area contributed by atoms with Crippen molar-refractivity contribution >= 4 is 68.9 Å². The second-order valence-corrected chi connectivity index (χ2v) is 11.8. The van der Waals surface area contributed by atoms with Crippen molar-refractivity contribution in [1.82, 2.24) is 10.2 Å². The van der Waals surface area contributed by atoms with E-state index in [1.54, 1.807) is 42.5 Å². The molecular weight excluding hydrogens is 593 g/mol. The minimum atomic E-state index is -0.985. The first-order valence-electron chi connectivity index (χ1n) is 12.1. The molecule has 0 saturated carbocycles. The smallest absolute Gasteiger partial charge is 0.301 e. The van der Waals surface area contributed by atoms with Crippen LogP contribution < -0.4 is 14.4 Å². The lowest BCUT2D eigenvalue weighted by Crippen LogP contribution is -2.29. The highest BCUT2D eigenvalue weighted by Gasteiger charge is 2.48. The van der Waals surface area contributed by atoms with Crippen LogP contribution in [0.25, 0.3) is 5.76 Å². The van der Waals surface area contributed by atoms with Gasteiger partial charge >= 0.3 is 5.91 Å². The maximum atomic E-state index is 13.5. The average molecular weight is 613 g/mol. The van der Waals surface area contributed by atoms with Crippen molar-refractivity contribution in [2.24, 2.45) is 0 Å². The van der Waals surface area contributed by atoms with Crippen LogP contribution in [0.15, 0.2) is 76.6 Å². The molecule has 2 aliphatic rings. The Morgan fingerprint density at radius 3 is 2.60 bits per heavy atom. The number of aromatic nitrogens is 2. The summed E-state index contributed by atoms with van der Waals surface area (Å²) in [5.41, 5.74) is 1.68. The largest absolute Gasteiger partial charge is 0.507 e. The van der Waals surface area contributed by atoms with E-state index in [9.17, 15) is 14.7 Å². The minimum absolute atomic E-state index is 0.0931. The van der Waals surface area contributed by atoms with Crippen molar-refractivity contribution in [3.05, 3.63) is 99.0 Å². The number of fused-ring (bicyclic) bond motifs is 1. The van der Waals surface area contributed by atoms with Crippen molar-refractivity contribution in [2.45, 2.75) is 16.1 Å². The van der Waals surface area contributed by atoms with E-state index in [0.29, 0.717) is 56.0 Å². The average Bonchev–Trinajstić information content (AvgIpc) is 3.54. The second-order valence-electron chi connectivity index (χ2n) is 8.81. The number of aliphatic hydroxyl groups excluding tert-OH is 1. The molecule has 1 aromatic heterocycles. The van der Waals surface area contributed by atoms with Gasteiger partial charge in [0.15, 0.2) is 15.8 Å². The SMILES string of the molecule is O=C1C(=O)N(c2nnc(SCc3ccccc3Cl)s2)C(c2cccc(Cl)c2)/C1=C(\O)c1ccc2c(c1)OCCO2. The summed E-state index contributed by atoms with van der Waals surface area (Å²) in [6.07, 6.45) is 0. The summed E-state index contributed by atoms with van der Waals surface area (Å²) >= 11 is 15.2. The fraction of sp³-hybridized carbons (Fsp3) is 0.143. The Balaban J connectivity index is 1.39. The predicted octanol–water partition coefficient (Wildman–Crippen LogP) is 6.53. The molecule has 0 radical (unpaired) electrons. The van der Waals surface area contributed by atoms with E-state index in [2.05, 4.69) is 10.2 Å². The Bertz CT molecular complexity index is 1680. The third kappa shape index (κ3) is 5.03. The van der Waals surface area contributed by atoms with Crippen molar-refractivity contribution in [2.75, 3.05) is 18.1 Å². The number of hydrogen-bond acceptors (Lipinski definition) is 9. The highest BCUT2D eigenvalue weighted by atomic mass is 35.5. The number of thioether (sulfide) groups is 1. The Hall–Kier alpha value is -3.57. The van der Waals surface area contributed by atoms with Crippen LogP contribution in [0.5, 0.6) is 11.5 Å². The number of benzene rings is 3. The first-order valence-corrected chi connectivity index (χ1v) is 14.6. The number of aliphatic hydroxyl groups is 1. The zero-order chi connectivity index (χ0) is 27.8. The molecule has 1 fully saturated rings. The molecule has 4 aromatic rings. The molecule has 1 amide bonds. The van der Waals surface area contributed by atoms with E-state index < -0.39 is 17.7 Å². The van der Waals surface area contributed by atoms with Crippen molar-refractivity contribution in [1.29, 1.82) is 0 Å². The maximum Gasteiger partial charge on any atom is 0.301 e. The van der Waals surface area contributed by atoms with Gasteiger partial charge in [0.25, 0.3) is 5.78 Å². The van der Waals surface area contributed by atoms with Gasteiger partial charge in [-0.1, -0.05) is 76.6 Å². The summed E-state index contributed by atoms with van der Waals surface area (Å²) < 4.78 is 11.8. The third-order valence-corrected chi connectivity index (χ3v) is 9.04. The number of halogens is 2. The lowest BCUT2D eigenvalue weighted by atomic mass is 9.95. The molecule has 0 aliphatic carbocycles. The molecule has 1 N–H and O–H groups in total. The van der Waals surface area contributed by atoms with Gasteiger partial charge in [-0.3, -0.25) is 14.5 Å². The van der Waals surface area contributed by atoms with Gasteiger partial charge in [0.05, 0.1) is 11.6 Å². The molecule has 40 heavy (non-hydrogen) atoms. The predicted molar refractivity (Wildman–Crippen MR) is 155 cm³/mol. The van der Waals surface area contributed by atoms with Gasteiger partial charge < -0.3 is 14.6 Å². The third-order valence-electron chi connectivity index (χ3n) is 6.34. The number of amides is 1. The number of hydrogen-bond donors (Lipinski definition) is 1. The Kier molecular flexibility index (Phi) is 7.41.